The second kappa shape index (κ2) is 8.14. The molecule has 0 aromatic heterocycles. The Bertz CT molecular complexity index is 894. The average Bonchev–Trinajstić information content (AvgIpc) is 2.80. The first-order chi connectivity index (χ1) is 13.8. The summed E-state index contributed by atoms with van der Waals surface area (Å²) < 4.78 is 6.86. The average molecular weight is 364 g/mol. The van der Waals surface area contributed by atoms with Crippen LogP contribution in [0.4, 0.5) is 0 Å². The Morgan fingerprint density at radius 3 is 1.29 bits per heavy atom. The number of hydrogen-bond donors (Lipinski definition) is 0. The largest absolute Gasteiger partial charge is 0.473 e. The van der Waals surface area contributed by atoms with Gasteiger partial charge in [0.25, 0.3) is 0 Å². The lowest BCUT2D eigenvalue weighted by Gasteiger charge is -2.36. The Morgan fingerprint density at radius 1 is 0.536 bits per heavy atom. The van der Waals surface area contributed by atoms with E-state index in [1.165, 1.54) is 5.56 Å². The van der Waals surface area contributed by atoms with Crippen molar-refractivity contribution in [3.05, 3.63) is 138 Å². The van der Waals surface area contributed by atoms with E-state index < -0.39 is 5.60 Å². The molecule has 0 N–H and O–H groups in total. The highest BCUT2D eigenvalue weighted by molar-refractivity contribution is 5.49. The molecule has 28 heavy (non-hydrogen) atoms. The van der Waals surface area contributed by atoms with Gasteiger partial charge >= 0.3 is 0 Å². The van der Waals surface area contributed by atoms with Crippen LogP contribution >= 0.6 is 0 Å². The van der Waals surface area contributed by atoms with Crippen LogP contribution in [0.15, 0.2) is 115 Å². The molecule has 138 valence electrons. The van der Waals surface area contributed by atoms with E-state index in [-0.39, 0.29) is 0 Å². The number of ether oxygens (including phenoxy) is 1. The van der Waals surface area contributed by atoms with Gasteiger partial charge in [0, 0.05) is 16.7 Å². The monoisotopic (exact) mass is 364 g/mol. The summed E-state index contributed by atoms with van der Waals surface area (Å²) >= 11 is 0. The van der Waals surface area contributed by atoms with Crippen LogP contribution in [0.3, 0.4) is 0 Å². The lowest BCUT2D eigenvalue weighted by molar-refractivity contribution is 0.155. The minimum absolute atomic E-state index is 0.725. The topological polar surface area (TPSA) is 9.23 Å². The van der Waals surface area contributed by atoms with Crippen LogP contribution in [0.25, 0.3) is 0 Å². The van der Waals surface area contributed by atoms with Crippen LogP contribution in [-0.4, -0.2) is 0 Å². The quantitative estimate of drug-likeness (QED) is 0.349. The summed E-state index contributed by atoms with van der Waals surface area (Å²) in [7, 11) is 0. The fraction of sp³-hybridized carbons (Fsp3) is 0.111. The van der Waals surface area contributed by atoms with Gasteiger partial charge in [-0.05, 0) is 24.1 Å². The van der Waals surface area contributed by atoms with Gasteiger partial charge in [0.05, 0.1) is 0 Å². The molecule has 4 aromatic carbocycles. The first-order valence-corrected chi connectivity index (χ1v) is 9.77. The van der Waals surface area contributed by atoms with Crippen LogP contribution in [0, 0.1) is 0 Å². The zero-order chi connectivity index (χ0) is 19.2. The Hall–Kier alpha value is -3.32. The summed E-state index contributed by atoms with van der Waals surface area (Å²) in [5, 5.41) is 0. The second-order valence-corrected chi connectivity index (χ2v) is 6.88. The van der Waals surface area contributed by atoms with Gasteiger partial charge in [-0.1, -0.05) is 110 Å². The number of benzene rings is 4. The predicted octanol–water partition coefficient (Wildman–Crippen LogP) is 6.62. The summed E-state index contributed by atoms with van der Waals surface area (Å²) in [5.41, 5.74) is 3.89. The second-order valence-electron chi connectivity index (χ2n) is 6.88. The third kappa shape index (κ3) is 3.44. The van der Waals surface area contributed by atoms with Crippen molar-refractivity contribution < 1.29 is 4.74 Å². The molecule has 4 aromatic rings. The molecule has 0 spiro atoms. The van der Waals surface area contributed by atoms with Crippen molar-refractivity contribution >= 4 is 0 Å². The molecular weight excluding hydrogens is 340 g/mol. The van der Waals surface area contributed by atoms with E-state index in [0.717, 1.165) is 28.9 Å². The van der Waals surface area contributed by atoms with Gasteiger partial charge < -0.3 is 4.74 Å². The predicted molar refractivity (Wildman–Crippen MR) is 116 cm³/mol. The molecule has 0 aliphatic rings. The molecule has 0 radical (unpaired) electrons. The van der Waals surface area contributed by atoms with Gasteiger partial charge in [-0.3, -0.25) is 0 Å². The normalized spacial score (nSPS) is 11.2. The first-order valence-electron chi connectivity index (χ1n) is 9.77. The highest BCUT2D eigenvalue weighted by Crippen LogP contribution is 2.41. The van der Waals surface area contributed by atoms with Gasteiger partial charge in [0.15, 0.2) is 5.60 Å². The molecule has 1 heteroatoms. The van der Waals surface area contributed by atoms with Gasteiger partial charge in [-0.15, -0.1) is 0 Å². The van der Waals surface area contributed by atoms with Crippen LogP contribution in [0.2, 0.25) is 0 Å². The molecule has 0 aliphatic heterocycles. The highest BCUT2D eigenvalue weighted by atomic mass is 16.5. The minimum atomic E-state index is -0.725. The fourth-order valence-corrected chi connectivity index (χ4v) is 3.67. The molecule has 0 aliphatic carbocycles. The lowest BCUT2D eigenvalue weighted by atomic mass is 9.80. The molecule has 0 fully saturated rings. The summed E-state index contributed by atoms with van der Waals surface area (Å²) in [6.07, 6.45) is 1.02. The van der Waals surface area contributed by atoms with Crippen LogP contribution < -0.4 is 4.74 Å². The van der Waals surface area contributed by atoms with E-state index in [9.17, 15) is 0 Å². The van der Waals surface area contributed by atoms with Gasteiger partial charge in [-0.25, -0.2) is 0 Å². The van der Waals surface area contributed by atoms with E-state index in [1.807, 2.05) is 18.2 Å². The highest BCUT2D eigenvalue weighted by Gasteiger charge is 2.38. The Morgan fingerprint density at radius 2 is 0.929 bits per heavy atom. The standard InChI is InChI=1S/C27H24O/c1-2-22-18-20-26(21-19-22)28-27(23-12-6-3-7-13-23,24-14-8-4-9-15-24)25-16-10-5-11-17-25/h3-21H,2H2,1H3. The molecule has 4 rings (SSSR count). The van der Waals surface area contributed by atoms with Crippen molar-refractivity contribution in [3.63, 3.8) is 0 Å². The number of aryl methyl sites for hydroxylation is 1. The minimum Gasteiger partial charge on any atom is -0.473 e. The van der Waals surface area contributed by atoms with E-state index in [0.29, 0.717) is 0 Å². The van der Waals surface area contributed by atoms with E-state index in [1.54, 1.807) is 0 Å². The van der Waals surface area contributed by atoms with Crippen LogP contribution in [0.5, 0.6) is 5.75 Å². The molecule has 0 heterocycles. The Balaban J connectivity index is 1.95. The fourth-order valence-electron chi connectivity index (χ4n) is 3.67. The van der Waals surface area contributed by atoms with Crippen molar-refractivity contribution in [2.45, 2.75) is 18.9 Å². The van der Waals surface area contributed by atoms with Gasteiger partial charge in [0.2, 0.25) is 0 Å². The molecule has 0 amide bonds. The molecule has 0 saturated heterocycles. The molecule has 0 atom stereocenters. The smallest absolute Gasteiger partial charge is 0.184 e. The Labute approximate surface area is 167 Å². The zero-order valence-electron chi connectivity index (χ0n) is 16.1. The maximum atomic E-state index is 6.86. The molecule has 0 saturated carbocycles. The maximum Gasteiger partial charge on any atom is 0.184 e. The third-order valence-corrected chi connectivity index (χ3v) is 5.14. The van der Waals surface area contributed by atoms with Crippen molar-refractivity contribution in [2.24, 2.45) is 0 Å². The summed E-state index contributed by atoms with van der Waals surface area (Å²) in [6.45, 7) is 2.16. The lowest BCUT2D eigenvalue weighted by Crippen LogP contribution is -2.36. The van der Waals surface area contributed by atoms with Crippen molar-refractivity contribution in [1.82, 2.24) is 0 Å². The van der Waals surface area contributed by atoms with Gasteiger partial charge in [0.1, 0.15) is 5.75 Å². The maximum absolute atomic E-state index is 6.86. The molecular formula is C27H24O. The summed E-state index contributed by atoms with van der Waals surface area (Å²) in [5.74, 6) is 0.855. The van der Waals surface area contributed by atoms with Crippen molar-refractivity contribution in [2.75, 3.05) is 0 Å². The number of rotatable bonds is 6. The Kier molecular flexibility index (Phi) is 5.25. The summed E-state index contributed by atoms with van der Waals surface area (Å²) in [4.78, 5) is 0. The molecule has 1 nitrogen and oxygen atoms in total. The van der Waals surface area contributed by atoms with E-state index in [4.69, 9.17) is 4.74 Å². The molecule has 0 unspecified atom stereocenters. The van der Waals surface area contributed by atoms with Crippen LogP contribution in [0.1, 0.15) is 29.2 Å². The molecule has 0 bridgehead atoms. The first kappa shape index (κ1) is 18.1. The van der Waals surface area contributed by atoms with Crippen LogP contribution in [-0.2, 0) is 12.0 Å². The third-order valence-electron chi connectivity index (χ3n) is 5.14. The van der Waals surface area contributed by atoms with Crippen molar-refractivity contribution in [3.8, 4) is 5.75 Å². The van der Waals surface area contributed by atoms with Gasteiger partial charge in [-0.2, -0.15) is 0 Å². The zero-order valence-corrected chi connectivity index (χ0v) is 16.1. The van der Waals surface area contributed by atoms with Crippen molar-refractivity contribution in [1.29, 1.82) is 0 Å². The number of hydrogen-bond acceptors (Lipinski definition) is 1. The summed E-state index contributed by atoms with van der Waals surface area (Å²) in [6, 6.07) is 39.8. The van der Waals surface area contributed by atoms with E-state index in [2.05, 4.69) is 104 Å². The van der Waals surface area contributed by atoms with E-state index >= 15 is 0 Å². The SMILES string of the molecule is CCc1ccc(OC(c2ccccc2)(c2ccccc2)c2ccccc2)cc1.